The van der Waals surface area contributed by atoms with Crippen LogP contribution in [0.1, 0.15) is 36.2 Å². The number of sulfonamides is 1. The van der Waals surface area contributed by atoms with E-state index in [9.17, 15) is 18.0 Å². The molecule has 1 aromatic carbocycles. The monoisotopic (exact) mass is 343 g/mol. The van der Waals surface area contributed by atoms with Gasteiger partial charge in [0.1, 0.15) is 6.04 Å². The van der Waals surface area contributed by atoms with Crippen LogP contribution in [0.25, 0.3) is 0 Å². The molecule has 0 saturated heterocycles. The lowest BCUT2D eigenvalue weighted by molar-refractivity contribution is -0.139. The lowest BCUT2D eigenvalue weighted by Crippen LogP contribution is -2.41. The smallest absolute Gasteiger partial charge is 0.337 e. The standard InChI is InChI=1S/C15H21NO6S/c1-9(2)7-12(14(17)18)16-23(20,21)13-6-5-11(8-10(13)3)15(19)22-4/h5-6,8-9,12,16H,7H2,1-4H3,(H,17,18)/t12-/m0/s1. The van der Waals surface area contributed by atoms with Crippen molar-refractivity contribution in [2.24, 2.45) is 5.92 Å². The second-order valence-electron chi connectivity index (χ2n) is 5.61. The largest absolute Gasteiger partial charge is 0.480 e. The molecule has 0 aliphatic rings. The third-order valence-electron chi connectivity index (χ3n) is 3.19. The normalized spacial score (nSPS) is 12.9. The number of hydrogen-bond donors (Lipinski definition) is 2. The van der Waals surface area contributed by atoms with Crippen LogP contribution in [-0.4, -0.2) is 38.6 Å². The van der Waals surface area contributed by atoms with Crippen molar-refractivity contribution in [3.05, 3.63) is 29.3 Å². The van der Waals surface area contributed by atoms with Crippen molar-refractivity contribution in [1.82, 2.24) is 4.72 Å². The molecule has 0 aliphatic carbocycles. The third kappa shape index (κ3) is 5.04. The lowest BCUT2D eigenvalue weighted by Gasteiger charge is -2.17. The van der Waals surface area contributed by atoms with Crippen molar-refractivity contribution in [2.45, 2.75) is 38.1 Å². The number of ether oxygens (including phenoxy) is 1. The number of aryl methyl sites for hydroxylation is 1. The van der Waals surface area contributed by atoms with Crippen molar-refractivity contribution in [3.8, 4) is 0 Å². The summed E-state index contributed by atoms with van der Waals surface area (Å²) in [6.45, 7) is 5.14. The van der Waals surface area contributed by atoms with Crippen molar-refractivity contribution in [1.29, 1.82) is 0 Å². The van der Waals surface area contributed by atoms with Crippen molar-refractivity contribution in [3.63, 3.8) is 0 Å². The minimum atomic E-state index is -4.01. The number of hydrogen-bond acceptors (Lipinski definition) is 5. The maximum Gasteiger partial charge on any atom is 0.337 e. The van der Waals surface area contributed by atoms with Gasteiger partial charge in [0, 0.05) is 0 Å². The highest BCUT2D eigenvalue weighted by molar-refractivity contribution is 7.89. The molecule has 7 nitrogen and oxygen atoms in total. The number of carboxylic acid groups (broad SMARTS) is 1. The van der Waals surface area contributed by atoms with E-state index in [0.717, 1.165) is 0 Å². The quantitative estimate of drug-likeness (QED) is 0.727. The van der Waals surface area contributed by atoms with Gasteiger partial charge in [-0.2, -0.15) is 4.72 Å². The summed E-state index contributed by atoms with van der Waals surface area (Å²) in [4.78, 5) is 22.6. The zero-order chi connectivity index (χ0) is 17.8. The molecule has 2 N–H and O–H groups in total. The first-order chi connectivity index (χ1) is 10.6. The number of nitrogens with one attached hydrogen (secondary N) is 1. The average Bonchev–Trinajstić information content (AvgIpc) is 2.44. The number of carbonyl (C=O) groups is 2. The minimum absolute atomic E-state index is 0.0154. The van der Waals surface area contributed by atoms with Gasteiger partial charge in [-0.3, -0.25) is 4.79 Å². The second-order valence-corrected chi connectivity index (χ2v) is 7.30. The molecule has 128 valence electrons. The molecular formula is C15H21NO6S. The van der Waals surface area contributed by atoms with E-state index in [1.165, 1.54) is 32.2 Å². The Morgan fingerprint density at radius 2 is 1.91 bits per heavy atom. The van der Waals surface area contributed by atoms with Crippen molar-refractivity contribution in [2.75, 3.05) is 7.11 Å². The fourth-order valence-corrected chi connectivity index (χ4v) is 3.55. The first-order valence-corrected chi connectivity index (χ1v) is 8.51. The molecule has 0 spiro atoms. The Morgan fingerprint density at radius 1 is 1.30 bits per heavy atom. The predicted octanol–water partition coefficient (Wildman–Crippen LogP) is 1.56. The molecule has 0 heterocycles. The van der Waals surface area contributed by atoms with Gasteiger partial charge >= 0.3 is 11.9 Å². The second kappa shape index (κ2) is 7.56. The summed E-state index contributed by atoms with van der Waals surface area (Å²) in [5, 5.41) is 9.16. The Bertz CT molecular complexity index is 696. The molecule has 0 unspecified atom stereocenters. The van der Waals surface area contributed by atoms with Crippen LogP contribution in [0.2, 0.25) is 0 Å². The zero-order valence-corrected chi connectivity index (χ0v) is 14.3. The molecule has 0 aliphatic heterocycles. The number of carboxylic acids is 1. The van der Waals surface area contributed by atoms with Gasteiger partial charge in [0.05, 0.1) is 17.6 Å². The van der Waals surface area contributed by atoms with E-state index < -0.39 is 28.0 Å². The van der Waals surface area contributed by atoms with Crippen molar-refractivity contribution < 1.29 is 27.9 Å². The fraction of sp³-hybridized carbons (Fsp3) is 0.467. The van der Waals surface area contributed by atoms with E-state index in [4.69, 9.17) is 5.11 Å². The molecular weight excluding hydrogens is 322 g/mol. The number of aliphatic carboxylic acids is 1. The summed E-state index contributed by atoms with van der Waals surface area (Å²) >= 11 is 0. The molecule has 8 heteroatoms. The van der Waals surface area contributed by atoms with Crippen LogP contribution in [0.5, 0.6) is 0 Å². The van der Waals surface area contributed by atoms with Gasteiger partial charge in [-0.15, -0.1) is 0 Å². The van der Waals surface area contributed by atoms with E-state index in [1.54, 1.807) is 13.8 Å². The van der Waals surface area contributed by atoms with Gasteiger partial charge in [0.15, 0.2) is 0 Å². The number of rotatable bonds is 7. The Labute approximate surface area is 135 Å². The van der Waals surface area contributed by atoms with Gasteiger partial charge in [0.25, 0.3) is 0 Å². The topological polar surface area (TPSA) is 110 Å². The Morgan fingerprint density at radius 3 is 2.35 bits per heavy atom. The first-order valence-electron chi connectivity index (χ1n) is 7.02. The summed E-state index contributed by atoms with van der Waals surface area (Å²) in [5.41, 5.74) is 0.551. The number of carbonyl (C=O) groups excluding carboxylic acids is 1. The van der Waals surface area contributed by atoms with E-state index in [0.29, 0.717) is 5.56 Å². The highest BCUT2D eigenvalue weighted by atomic mass is 32.2. The lowest BCUT2D eigenvalue weighted by atomic mass is 10.1. The highest BCUT2D eigenvalue weighted by Gasteiger charge is 2.27. The molecule has 1 atom stereocenters. The molecule has 0 bridgehead atoms. The summed E-state index contributed by atoms with van der Waals surface area (Å²) in [6.07, 6.45) is 0.174. The van der Waals surface area contributed by atoms with Crippen LogP contribution < -0.4 is 4.72 Å². The summed E-state index contributed by atoms with van der Waals surface area (Å²) in [5.74, 6) is -1.79. The molecule has 0 saturated carbocycles. The van der Waals surface area contributed by atoms with Crippen LogP contribution >= 0.6 is 0 Å². The molecule has 23 heavy (non-hydrogen) atoms. The molecule has 1 rings (SSSR count). The molecule has 1 aromatic rings. The number of esters is 1. The van der Waals surface area contributed by atoms with Gasteiger partial charge in [-0.1, -0.05) is 13.8 Å². The maximum atomic E-state index is 12.4. The Balaban J connectivity index is 3.13. The Hall–Kier alpha value is -1.93. The predicted molar refractivity (Wildman–Crippen MR) is 83.7 cm³/mol. The van der Waals surface area contributed by atoms with Gasteiger partial charge in [-0.25, -0.2) is 13.2 Å². The third-order valence-corrected chi connectivity index (χ3v) is 4.82. The summed E-state index contributed by atoms with van der Waals surface area (Å²) in [6, 6.07) is 2.77. The minimum Gasteiger partial charge on any atom is -0.480 e. The molecule has 0 amide bonds. The van der Waals surface area contributed by atoms with E-state index in [2.05, 4.69) is 9.46 Å². The van der Waals surface area contributed by atoms with Crippen LogP contribution in [-0.2, 0) is 19.6 Å². The summed E-state index contributed by atoms with van der Waals surface area (Å²) in [7, 11) is -2.78. The van der Waals surface area contributed by atoms with Crippen LogP contribution in [0.4, 0.5) is 0 Å². The zero-order valence-electron chi connectivity index (χ0n) is 13.5. The number of methoxy groups -OCH3 is 1. The van der Waals surface area contributed by atoms with Crippen LogP contribution in [0, 0.1) is 12.8 Å². The van der Waals surface area contributed by atoms with Gasteiger partial charge in [-0.05, 0) is 43.0 Å². The van der Waals surface area contributed by atoms with Gasteiger partial charge in [0.2, 0.25) is 10.0 Å². The van der Waals surface area contributed by atoms with Crippen LogP contribution in [0.15, 0.2) is 23.1 Å². The van der Waals surface area contributed by atoms with Crippen LogP contribution in [0.3, 0.4) is 0 Å². The maximum absolute atomic E-state index is 12.4. The average molecular weight is 343 g/mol. The number of benzene rings is 1. The SMILES string of the molecule is COC(=O)c1ccc(S(=O)(=O)N[C@@H](CC(C)C)C(=O)O)c(C)c1. The van der Waals surface area contributed by atoms with Crippen molar-refractivity contribution >= 4 is 22.0 Å². The fourth-order valence-electron chi connectivity index (χ4n) is 2.12. The Kier molecular flexibility index (Phi) is 6.28. The first kappa shape index (κ1) is 19.1. The molecule has 0 radical (unpaired) electrons. The summed E-state index contributed by atoms with van der Waals surface area (Å²) < 4.78 is 31.6. The van der Waals surface area contributed by atoms with E-state index in [1.807, 2.05) is 0 Å². The van der Waals surface area contributed by atoms with E-state index >= 15 is 0 Å². The highest BCUT2D eigenvalue weighted by Crippen LogP contribution is 2.18. The van der Waals surface area contributed by atoms with E-state index in [-0.39, 0.29) is 22.8 Å². The van der Waals surface area contributed by atoms with Gasteiger partial charge < -0.3 is 9.84 Å². The molecule has 0 fully saturated rings. The molecule has 0 aromatic heterocycles.